The maximum Gasteiger partial charge on any atom is 0.167 e. The van der Waals surface area contributed by atoms with Gasteiger partial charge < -0.3 is 15.6 Å². The number of hydrogen-bond acceptors (Lipinski definition) is 4. The number of H-pyrrole nitrogens is 1. The zero-order valence-corrected chi connectivity index (χ0v) is 9.82. The minimum absolute atomic E-state index is 0.107. The second-order valence-corrected chi connectivity index (χ2v) is 3.71. The van der Waals surface area contributed by atoms with Gasteiger partial charge in [0.1, 0.15) is 5.82 Å². The number of methoxy groups -OCH3 is 1. The molecule has 2 aromatic rings. The van der Waals surface area contributed by atoms with Crippen LogP contribution in [0.5, 0.6) is 11.5 Å². The number of aryl methyl sites for hydroxylation is 1. The number of nitrogens with two attached hydrogens (primary N) is 1. The Morgan fingerprint density at radius 2 is 2.24 bits per heavy atom. The van der Waals surface area contributed by atoms with Crippen LogP contribution in [0.4, 0.5) is 5.82 Å². The number of nitrogens with zero attached hydrogens (tertiary/aromatic N) is 1. The number of nitrogens with one attached hydrogen (secondary N) is 1. The highest BCUT2D eigenvalue weighted by Gasteiger charge is 2.15. The number of phenolic OH excluding ortho intramolecular Hbond substituents is 1. The van der Waals surface area contributed by atoms with E-state index in [-0.39, 0.29) is 5.75 Å². The monoisotopic (exact) mass is 233 g/mol. The van der Waals surface area contributed by atoms with Crippen molar-refractivity contribution in [2.75, 3.05) is 12.8 Å². The van der Waals surface area contributed by atoms with Crippen LogP contribution in [0, 0.1) is 0 Å². The van der Waals surface area contributed by atoms with Crippen LogP contribution in [-0.2, 0) is 6.42 Å². The molecule has 1 aromatic heterocycles. The van der Waals surface area contributed by atoms with Crippen molar-refractivity contribution >= 4 is 5.82 Å². The Morgan fingerprint density at radius 1 is 1.47 bits per heavy atom. The third kappa shape index (κ3) is 1.91. The molecule has 1 aromatic carbocycles. The molecular formula is C12H15N3O2. The van der Waals surface area contributed by atoms with Gasteiger partial charge in [0.25, 0.3) is 0 Å². The van der Waals surface area contributed by atoms with Gasteiger partial charge in [-0.05, 0) is 18.1 Å². The van der Waals surface area contributed by atoms with Crippen LogP contribution in [0.15, 0.2) is 18.2 Å². The van der Waals surface area contributed by atoms with Crippen LogP contribution >= 0.6 is 0 Å². The van der Waals surface area contributed by atoms with Gasteiger partial charge in [0.05, 0.1) is 12.8 Å². The molecule has 0 unspecified atom stereocenters. The quantitative estimate of drug-likeness (QED) is 0.756. The molecule has 17 heavy (non-hydrogen) atoms. The number of aromatic hydroxyl groups is 1. The maximum atomic E-state index is 10.1. The summed E-state index contributed by atoms with van der Waals surface area (Å²) in [7, 11) is 1.52. The lowest BCUT2D eigenvalue weighted by Crippen LogP contribution is -1.92. The third-order valence-corrected chi connectivity index (χ3v) is 2.70. The molecule has 2 rings (SSSR count). The highest BCUT2D eigenvalue weighted by Crippen LogP contribution is 2.39. The summed E-state index contributed by atoms with van der Waals surface area (Å²) in [5, 5.41) is 16.8. The Labute approximate surface area is 99.2 Å². The first-order valence-corrected chi connectivity index (χ1v) is 5.37. The summed E-state index contributed by atoms with van der Waals surface area (Å²) < 4.78 is 5.10. The normalized spacial score (nSPS) is 10.5. The average molecular weight is 233 g/mol. The summed E-state index contributed by atoms with van der Waals surface area (Å²) in [5.41, 5.74) is 7.96. The lowest BCUT2D eigenvalue weighted by Gasteiger charge is -2.11. The van der Waals surface area contributed by atoms with E-state index in [1.165, 1.54) is 7.11 Å². The molecule has 0 bridgehead atoms. The van der Waals surface area contributed by atoms with Gasteiger partial charge in [0.15, 0.2) is 11.5 Å². The highest BCUT2D eigenvalue weighted by atomic mass is 16.5. The zero-order chi connectivity index (χ0) is 12.4. The first-order chi connectivity index (χ1) is 8.17. The largest absolute Gasteiger partial charge is 0.504 e. The average Bonchev–Trinajstić information content (AvgIpc) is 2.75. The maximum absolute atomic E-state index is 10.1. The smallest absolute Gasteiger partial charge is 0.167 e. The van der Waals surface area contributed by atoms with Gasteiger partial charge in [0.2, 0.25) is 0 Å². The molecule has 5 heteroatoms. The van der Waals surface area contributed by atoms with E-state index in [4.69, 9.17) is 10.5 Å². The predicted molar refractivity (Wildman–Crippen MR) is 66.0 cm³/mol. The summed E-state index contributed by atoms with van der Waals surface area (Å²) in [4.78, 5) is 0. The Bertz CT molecular complexity index is 535. The number of ether oxygens (including phenoxy) is 1. The summed E-state index contributed by atoms with van der Waals surface area (Å²) in [6.45, 7) is 2.02. The van der Waals surface area contributed by atoms with Crippen molar-refractivity contribution < 1.29 is 9.84 Å². The van der Waals surface area contributed by atoms with Crippen LogP contribution in [-0.4, -0.2) is 22.4 Å². The summed E-state index contributed by atoms with van der Waals surface area (Å²) in [5.74, 6) is 0.935. The van der Waals surface area contributed by atoms with Crippen molar-refractivity contribution in [3.8, 4) is 22.8 Å². The van der Waals surface area contributed by atoms with Crippen molar-refractivity contribution in [3.63, 3.8) is 0 Å². The molecular weight excluding hydrogens is 218 g/mol. The number of aromatic nitrogens is 2. The van der Waals surface area contributed by atoms with E-state index < -0.39 is 0 Å². The summed E-state index contributed by atoms with van der Waals surface area (Å²) in [6, 6.07) is 5.36. The van der Waals surface area contributed by atoms with Crippen LogP contribution in [0.2, 0.25) is 0 Å². The molecule has 0 saturated carbocycles. The first-order valence-electron chi connectivity index (χ1n) is 5.37. The fraction of sp³-hybridized carbons (Fsp3) is 0.250. The molecule has 4 N–H and O–H groups in total. The van der Waals surface area contributed by atoms with Crippen molar-refractivity contribution in [1.29, 1.82) is 0 Å². The van der Waals surface area contributed by atoms with Crippen molar-refractivity contribution in [2.45, 2.75) is 13.3 Å². The van der Waals surface area contributed by atoms with Crippen molar-refractivity contribution in [2.24, 2.45) is 0 Å². The molecule has 0 saturated heterocycles. The third-order valence-electron chi connectivity index (χ3n) is 2.70. The highest BCUT2D eigenvalue weighted by molar-refractivity contribution is 5.75. The number of nitrogen functional groups attached to an aromatic ring is 1. The number of phenols is 1. The Morgan fingerprint density at radius 3 is 2.76 bits per heavy atom. The molecule has 5 nitrogen and oxygen atoms in total. The van der Waals surface area contributed by atoms with E-state index >= 15 is 0 Å². The van der Waals surface area contributed by atoms with Crippen LogP contribution in [0.25, 0.3) is 11.3 Å². The van der Waals surface area contributed by atoms with Gasteiger partial charge in [-0.15, -0.1) is 0 Å². The van der Waals surface area contributed by atoms with Gasteiger partial charge >= 0.3 is 0 Å². The van der Waals surface area contributed by atoms with Gasteiger partial charge in [-0.3, -0.25) is 5.10 Å². The van der Waals surface area contributed by atoms with Crippen LogP contribution in [0.3, 0.4) is 0 Å². The van der Waals surface area contributed by atoms with Crippen molar-refractivity contribution in [3.05, 3.63) is 23.8 Å². The number of hydrogen-bond donors (Lipinski definition) is 3. The topological polar surface area (TPSA) is 84.2 Å². The first kappa shape index (κ1) is 11.3. The molecule has 0 amide bonds. The van der Waals surface area contributed by atoms with E-state index in [1.54, 1.807) is 12.1 Å². The van der Waals surface area contributed by atoms with E-state index in [1.807, 2.05) is 13.0 Å². The lowest BCUT2D eigenvalue weighted by molar-refractivity contribution is 0.374. The minimum atomic E-state index is 0.107. The SMILES string of the molecule is CCc1ccc(OC)c(O)c1-c1cc(N)n[nH]1. The molecule has 0 atom stereocenters. The molecule has 0 aliphatic carbocycles. The standard InChI is InChI=1S/C12H15N3O2/c1-3-7-4-5-9(17-2)12(16)11(7)8-6-10(13)15-14-8/h4-6,16H,3H2,1-2H3,(H3,13,14,15). The minimum Gasteiger partial charge on any atom is -0.504 e. The van der Waals surface area contributed by atoms with Gasteiger partial charge in [-0.25, -0.2) is 0 Å². The van der Waals surface area contributed by atoms with Gasteiger partial charge in [0, 0.05) is 11.6 Å². The second-order valence-electron chi connectivity index (χ2n) is 3.71. The number of benzene rings is 1. The molecule has 0 aliphatic heterocycles. The Hall–Kier alpha value is -2.17. The number of rotatable bonds is 3. The van der Waals surface area contributed by atoms with Gasteiger partial charge in [-0.2, -0.15) is 5.10 Å². The summed E-state index contributed by atoms with van der Waals surface area (Å²) >= 11 is 0. The fourth-order valence-corrected chi connectivity index (χ4v) is 1.84. The molecule has 1 heterocycles. The number of aromatic amines is 1. The lowest BCUT2D eigenvalue weighted by atomic mass is 10.0. The molecule has 90 valence electrons. The van der Waals surface area contributed by atoms with E-state index in [2.05, 4.69) is 10.2 Å². The molecule has 0 fully saturated rings. The predicted octanol–water partition coefficient (Wildman–Crippen LogP) is 1.94. The molecule has 0 spiro atoms. The Balaban J connectivity index is 2.64. The van der Waals surface area contributed by atoms with Gasteiger partial charge in [-0.1, -0.05) is 13.0 Å². The molecule has 0 radical (unpaired) electrons. The molecule has 0 aliphatic rings. The Kier molecular flexibility index (Phi) is 2.91. The zero-order valence-electron chi connectivity index (χ0n) is 9.82. The fourth-order valence-electron chi connectivity index (χ4n) is 1.84. The van der Waals surface area contributed by atoms with Crippen molar-refractivity contribution in [1.82, 2.24) is 10.2 Å². The van der Waals surface area contributed by atoms with Crippen LogP contribution < -0.4 is 10.5 Å². The number of anilines is 1. The second kappa shape index (κ2) is 4.37. The summed E-state index contributed by atoms with van der Waals surface area (Å²) in [6.07, 6.45) is 0.797. The van der Waals surface area contributed by atoms with E-state index in [0.29, 0.717) is 22.8 Å². The van der Waals surface area contributed by atoms with E-state index in [9.17, 15) is 5.11 Å². The van der Waals surface area contributed by atoms with E-state index in [0.717, 1.165) is 12.0 Å². The van der Waals surface area contributed by atoms with Crippen LogP contribution in [0.1, 0.15) is 12.5 Å².